The van der Waals surface area contributed by atoms with E-state index in [0.29, 0.717) is 10.9 Å². The summed E-state index contributed by atoms with van der Waals surface area (Å²) in [4.78, 5) is 26.9. The van der Waals surface area contributed by atoms with Gasteiger partial charge in [-0.3, -0.25) is 19.8 Å². The molecular weight excluding hydrogens is 374 g/mol. The third-order valence-corrected chi connectivity index (χ3v) is 6.19. The number of nitrogens with zero attached hydrogens (tertiary/aromatic N) is 2. The number of hydrogen-bond acceptors (Lipinski definition) is 5. The minimum Gasteiger partial charge on any atom is -0.319 e. The number of nitro groups is 1. The van der Waals surface area contributed by atoms with E-state index in [-0.39, 0.29) is 29.9 Å². The lowest BCUT2D eigenvalue weighted by Crippen LogP contribution is -2.41. The molecule has 0 spiro atoms. The standard InChI is InChI=1S/C18H18ClN3O3S/c19-12-3-4-15(22(24)25)14(9-12)20-17(23)10-21-7-5-16-13(6-8-26-16)18(21)11-1-2-11/h3-4,6,8-9,11,18H,1-2,5,7,10H2,(H,20,23)/t18-/m0/s1. The molecule has 1 saturated carbocycles. The molecule has 1 aliphatic carbocycles. The largest absolute Gasteiger partial charge is 0.319 e. The SMILES string of the molecule is O=C(CN1CCc2sccc2[C@@H]1C1CC1)Nc1cc(Cl)ccc1[N+](=O)[O-]. The molecule has 8 heteroatoms. The average Bonchev–Trinajstić information content (AvgIpc) is 3.30. The summed E-state index contributed by atoms with van der Waals surface area (Å²) in [5, 5.41) is 16.3. The Labute approximate surface area is 159 Å². The molecular formula is C18H18ClN3O3S. The lowest BCUT2D eigenvalue weighted by Gasteiger charge is -2.35. The minimum atomic E-state index is -0.516. The maximum Gasteiger partial charge on any atom is 0.292 e. The van der Waals surface area contributed by atoms with Crippen molar-refractivity contribution in [3.05, 3.63) is 55.2 Å². The lowest BCUT2D eigenvalue weighted by atomic mass is 9.96. The molecule has 1 atom stereocenters. The first-order chi connectivity index (χ1) is 12.5. The summed E-state index contributed by atoms with van der Waals surface area (Å²) in [6.45, 7) is 1.06. The van der Waals surface area contributed by atoms with Crippen LogP contribution in [0.4, 0.5) is 11.4 Å². The predicted molar refractivity (Wildman–Crippen MR) is 102 cm³/mol. The van der Waals surface area contributed by atoms with Crippen LogP contribution in [0.5, 0.6) is 0 Å². The van der Waals surface area contributed by atoms with Gasteiger partial charge < -0.3 is 5.32 Å². The van der Waals surface area contributed by atoms with Gasteiger partial charge in [-0.1, -0.05) is 11.6 Å². The molecule has 6 nitrogen and oxygen atoms in total. The van der Waals surface area contributed by atoms with Crippen LogP contribution in [0.15, 0.2) is 29.6 Å². The molecule has 26 heavy (non-hydrogen) atoms. The second-order valence-corrected chi connectivity index (χ2v) is 8.21. The highest BCUT2D eigenvalue weighted by molar-refractivity contribution is 7.10. The summed E-state index contributed by atoms with van der Waals surface area (Å²) in [6, 6.07) is 6.63. The summed E-state index contributed by atoms with van der Waals surface area (Å²) >= 11 is 7.72. The molecule has 0 radical (unpaired) electrons. The topological polar surface area (TPSA) is 75.5 Å². The summed E-state index contributed by atoms with van der Waals surface area (Å²) in [5.41, 5.74) is 1.34. The third kappa shape index (κ3) is 3.47. The van der Waals surface area contributed by atoms with Crippen molar-refractivity contribution in [2.24, 2.45) is 5.92 Å². The number of carbonyl (C=O) groups is 1. The predicted octanol–water partition coefficient (Wildman–Crippen LogP) is 4.26. The lowest BCUT2D eigenvalue weighted by molar-refractivity contribution is -0.383. The van der Waals surface area contributed by atoms with Gasteiger partial charge in [-0.2, -0.15) is 0 Å². The van der Waals surface area contributed by atoms with Gasteiger partial charge in [-0.25, -0.2) is 0 Å². The first-order valence-electron chi connectivity index (χ1n) is 8.57. The van der Waals surface area contributed by atoms with Crippen molar-refractivity contribution >= 4 is 40.2 Å². The van der Waals surface area contributed by atoms with Crippen LogP contribution in [0, 0.1) is 16.0 Å². The van der Waals surface area contributed by atoms with Crippen LogP contribution in [0.3, 0.4) is 0 Å². The van der Waals surface area contributed by atoms with Crippen molar-refractivity contribution < 1.29 is 9.72 Å². The van der Waals surface area contributed by atoms with Crippen LogP contribution in [0.2, 0.25) is 5.02 Å². The second-order valence-electron chi connectivity index (χ2n) is 6.77. The number of fused-ring (bicyclic) bond motifs is 1. The molecule has 1 amide bonds. The Morgan fingerprint density at radius 1 is 1.38 bits per heavy atom. The zero-order chi connectivity index (χ0) is 18.3. The molecule has 136 valence electrons. The van der Waals surface area contributed by atoms with E-state index in [4.69, 9.17) is 11.6 Å². The summed E-state index contributed by atoms with van der Waals surface area (Å²) < 4.78 is 0. The van der Waals surface area contributed by atoms with E-state index in [9.17, 15) is 14.9 Å². The number of hydrogen-bond donors (Lipinski definition) is 1. The van der Waals surface area contributed by atoms with Gasteiger partial charge in [0.25, 0.3) is 5.69 Å². The Kier molecular flexibility index (Phi) is 4.69. The molecule has 1 fully saturated rings. The van der Waals surface area contributed by atoms with Crippen LogP contribution < -0.4 is 5.32 Å². The van der Waals surface area contributed by atoms with Crippen LogP contribution in [-0.4, -0.2) is 28.8 Å². The first-order valence-corrected chi connectivity index (χ1v) is 9.83. The van der Waals surface area contributed by atoms with E-state index in [1.165, 1.54) is 41.5 Å². The molecule has 2 aliphatic rings. The van der Waals surface area contributed by atoms with Crippen LogP contribution in [-0.2, 0) is 11.2 Å². The second kappa shape index (κ2) is 6.98. The van der Waals surface area contributed by atoms with E-state index in [2.05, 4.69) is 21.7 Å². The number of halogens is 1. The molecule has 0 unspecified atom stereocenters. The van der Waals surface area contributed by atoms with Crippen molar-refractivity contribution in [1.82, 2.24) is 4.90 Å². The molecule has 2 heterocycles. The molecule has 2 aromatic rings. The van der Waals surface area contributed by atoms with Gasteiger partial charge in [0.2, 0.25) is 5.91 Å². The van der Waals surface area contributed by atoms with Crippen LogP contribution >= 0.6 is 22.9 Å². The van der Waals surface area contributed by atoms with E-state index in [1.807, 2.05) is 0 Å². The summed E-state index contributed by atoms with van der Waals surface area (Å²) in [6.07, 6.45) is 3.33. The van der Waals surface area contributed by atoms with Gasteiger partial charge >= 0.3 is 0 Å². The Bertz CT molecular complexity index is 865. The minimum absolute atomic E-state index is 0.142. The summed E-state index contributed by atoms with van der Waals surface area (Å²) in [7, 11) is 0. The zero-order valence-corrected chi connectivity index (χ0v) is 15.6. The highest BCUT2D eigenvalue weighted by atomic mass is 35.5. The van der Waals surface area contributed by atoms with Gasteiger partial charge in [0.1, 0.15) is 5.69 Å². The Morgan fingerprint density at radius 2 is 2.19 bits per heavy atom. The van der Waals surface area contributed by atoms with Crippen molar-refractivity contribution in [2.75, 3.05) is 18.4 Å². The highest BCUT2D eigenvalue weighted by Crippen LogP contribution is 2.48. The number of amides is 1. The quantitative estimate of drug-likeness (QED) is 0.610. The molecule has 4 rings (SSSR count). The van der Waals surface area contributed by atoms with Gasteiger partial charge in [-0.15, -0.1) is 11.3 Å². The fourth-order valence-corrected chi connectivity index (χ4v) is 4.77. The van der Waals surface area contributed by atoms with Gasteiger partial charge in [0.05, 0.1) is 11.5 Å². The highest BCUT2D eigenvalue weighted by Gasteiger charge is 2.40. The number of nitrogens with one attached hydrogen (secondary N) is 1. The fraction of sp³-hybridized carbons (Fsp3) is 0.389. The van der Waals surface area contributed by atoms with Gasteiger partial charge in [0, 0.05) is 28.6 Å². The number of anilines is 1. The first kappa shape index (κ1) is 17.5. The van der Waals surface area contributed by atoms with Crippen molar-refractivity contribution in [2.45, 2.75) is 25.3 Å². The van der Waals surface area contributed by atoms with Crippen LogP contribution in [0.25, 0.3) is 0 Å². The molecule has 1 aromatic heterocycles. The smallest absolute Gasteiger partial charge is 0.292 e. The van der Waals surface area contributed by atoms with Gasteiger partial charge in [-0.05, 0) is 54.3 Å². The van der Waals surface area contributed by atoms with Crippen molar-refractivity contribution in [1.29, 1.82) is 0 Å². The molecule has 1 aromatic carbocycles. The molecule has 1 aliphatic heterocycles. The monoisotopic (exact) mass is 391 g/mol. The third-order valence-electron chi connectivity index (χ3n) is 4.96. The van der Waals surface area contributed by atoms with Gasteiger partial charge in [0.15, 0.2) is 0 Å². The maximum atomic E-state index is 12.6. The maximum absolute atomic E-state index is 12.6. The molecule has 0 bridgehead atoms. The fourth-order valence-electron chi connectivity index (χ4n) is 3.68. The van der Waals surface area contributed by atoms with E-state index >= 15 is 0 Å². The molecule has 0 saturated heterocycles. The number of nitro benzene ring substituents is 1. The Balaban J connectivity index is 1.50. The summed E-state index contributed by atoms with van der Waals surface area (Å²) in [5.74, 6) is 0.358. The van der Waals surface area contributed by atoms with E-state index < -0.39 is 4.92 Å². The number of rotatable bonds is 5. The Hall–Kier alpha value is -1.96. The molecule has 1 N–H and O–H groups in total. The number of thiophene rings is 1. The normalized spacial score (nSPS) is 19.8. The van der Waals surface area contributed by atoms with Crippen LogP contribution in [0.1, 0.15) is 29.3 Å². The van der Waals surface area contributed by atoms with Crippen molar-refractivity contribution in [3.8, 4) is 0 Å². The zero-order valence-electron chi connectivity index (χ0n) is 14.0. The Morgan fingerprint density at radius 3 is 2.92 bits per heavy atom. The number of benzene rings is 1. The van der Waals surface area contributed by atoms with Crippen molar-refractivity contribution in [3.63, 3.8) is 0 Å². The average molecular weight is 392 g/mol. The van der Waals surface area contributed by atoms with E-state index in [0.717, 1.165) is 13.0 Å². The van der Waals surface area contributed by atoms with E-state index in [1.54, 1.807) is 11.3 Å². The number of carbonyl (C=O) groups excluding carboxylic acids is 1.